The second-order valence-corrected chi connectivity index (χ2v) is 2.57. The smallest absolute Gasteiger partial charge is 0.233 e. The molecular formula is C8H19N3O3. The number of carbonyl (C=O) groups is 1. The van der Waals surface area contributed by atoms with E-state index in [1.54, 1.807) is 0 Å². The fraction of sp³-hybridized carbons (Fsp3) is 0.875. The van der Waals surface area contributed by atoms with Crippen LogP contribution in [0.1, 0.15) is 0 Å². The lowest BCUT2D eigenvalue weighted by molar-refractivity contribution is -0.119. The van der Waals surface area contributed by atoms with Crippen molar-refractivity contribution in [2.24, 2.45) is 11.5 Å². The summed E-state index contributed by atoms with van der Waals surface area (Å²) in [5, 5.41) is 2.58. The minimum absolute atomic E-state index is 0.0135. The molecule has 0 aliphatic carbocycles. The third kappa shape index (κ3) is 9.40. The van der Waals surface area contributed by atoms with E-state index in [1.807, 2.05) is 0 Å². The van der Waals surface area contributed by atoms with Gasteiger partial charge in [0.25, 0.3) is 0 Å². The van der Waals surface area contributed by atoms with Crippen LogP contribution in [0.3, 0.4) is 0 Å². The van der Waals surface area contributed by atoms with Crippen molar-refractivity contribution in [1.82, 2.24) is 5.32 Å². The second-order valence-electron chi connectivity index (χ2n) is 2.57. The first kappa shape index (κ1) is 13.3. The van der Waals surface area contributed by atoms with Crippen molar-refractivity contribution >= 4 is 5.91 Å². The van der Waals surface area contributed by atoms with Gasteiger partial charge in [-0.05, 0) is 0 Å². The monoisotopic (exact) mass is 205 g/mol. The second kappa shape index (κ2) is 10.4. The highest BCUT2D eigenvalue weighted by Gasteiger charge is 1.94. The van der Waals surface area contributed by atoms with Crippen LogP contribution in [0.2, 0.25) is 0 Å². The quantitative estimate of drug-likeness (QED) is 0.380. The first-order valence-electron chi connectivity index (χ1n) is 4.63. The van der Waals surface area contributed by atoms with Crippen LogP contribution in [0.15, 0.2) is 0 Å². The lowest BCUT2D eigenvalue weighted by Crippen LogP contribution is -2.32. The predicted octanol–water partition coefficient (Wildman–Crippen LogP) is -1.95. The fourth-order valence-corrected chi connectivity index (χ4v) is 0.740. The standard InChI is InChI=1S/C8H19N3O3/c9-1-3-13-5-6-14-4-2-11-8(12)7-10/h1-7,9-10H2,(H,11,12). The van der Waals surface area contributed by atoms with Gasteiger partial charge in [0.15, 0.2) is 0 Å². The third-order valence-corrected chi connectivity index (χ3v) is 1.39. The number of rotatable bonds is 9. The summed E-state index contributed by atoms with van der Waals surface area (Å²) in [4.78, 5) is 10.7. The highest BCUT2D eigenvalue weighted by Crippen LogP contribution is 1.77. The van der Waals surface area contributed by atoms with Gasteiger partial charge in [-0.1, -0.05) is 0 Å². The highest BCUT2D eigenvalue weighted by atomic mass is 16.5. The zero-order valence-corrected chi connectivity index (χ0v) is 8.33. The summed E-state index contributed by atoms with van der Waals surface area (Å²) in [5.41, 5.74) is 10.3. The summed E-state index contributed by atoms with van der Waals surface area (Å²) < 4.78 is 10.2. The molecule has 0 fully saturated rings. The summed E-state index contributed by atoms with van der Waals surface area (Å²) in [6, 6.07) is 0. The SMILES string of the molecule is NCCOCCOCCNC(=O)CN. The van der Waals surface area contributed by atoms with Crippen molar-refractivity contribution in [1.29, 1.82) is 0 Å². The van der Waals surface area contributed by atoms with Gasteiger partial charge in [0.1, 0.15) is 0 Å². The van der Waals surface area contributed by atoms with Gasteiger partial charge in [-0.2, -0.15) is 0 Å². The number of amides is 1. The molecule has 5 N–H and O–H groups in total. The van der Waals surface area contributed by atoms with E-state index in [4.69, 9.17) is 20.9 Å². The normalized spacial score (nSPS) is 10.1. The Bertz CT molecular complexity index is 144. The van der Waals surface area contributed by atoms with Crippen LogP contribution in [0.5, 0.6) is 0 Å². The Labute approximate surface area is 83.9 Å². The first-order chi connectivity index (χ1) is 6.81. The Morgan fingerprint density at radius 3 is 2.29 bits per heavy atom. The lowest BCUT2D eigenvalue weighted by atomic mass is 10.5. The van der Waals surface area contributed by atoms with Gasteiger partial charge in [0.05, 0.1) is 33.0 Å². The van der Waals surface area contributed by atoms with Gasteiger partial charge in [0.2, 0.25) is 5.91 Å². The molecule has 0 aromatic carbocycles. The van der Waals surface area contributed by atoms with Gasteiger partial charge < -0.3 is 26.3 Å². The zero-order chi connectivity index (χ0) is 10.6. The molecule has 0 unspecified atom stereocenters. The molecule has 84 valence electrons. The van der Waals surface area contributed by atoms with Gasteiger partial charge in [-0.15, -0.1) is 0 Å². The van der Waals surface area contributed by atoms with Gasteiger partial charge in [0, 0.05) is 13.1 Å². The van der Waals surface area contributed by atoms with Crippen LogP contribution >= 0.6 is 0 Å². The summed E-state index contributed by atoms with van der Waals surface area (Å²) in [7, 11) is 0. The van der Waals surface area contributed by atoms with E-state index in [-0.39, 0.29) is 12.5 Å². The van der Waals surface area contributed by atoms with Crippen LogP contribution in [0.25, 0.3) is 0 Å². The Hall–Kier alpha value is -0.690. The molecule has 0 aromatic heterocycles. The Balaban J connectivity index is 2.95. The molecule has 0 spiro atoms. The Kier molecular flexibility index (Phi) is 9.88. The van der Waals surface area contributed by atoms with Crippen LogP contribution in [0.4, 0.5) is 0 Å². The largest absolute Gasteiger partial charge is 0.378 e. The molecule has 0 aliphatic heterocycles. The molecule has 0 rings (SSSR count). The van der Waals surface area contributed by atoms with Crippen molar-refractivity contribution in [2.45, 2.75) is 0 Å². The van der Waals surface area contributed by atoms with E-state index < -0.39 is 0 Å². The number of nitrogens with two attached hydrogens (primary N) is 2. The van der Waals surface area contributed by atoms with E-state index in [1.165, 1.54) is 0 Å². The van der Waals surface area contributed by atoms with E-state index in [9.17, 15) is 4.79 Å². The molecule has 0 radical (unpaired) electrons. The predicted molar refractivity (Wildman–Crippen MR) is 52.8 cm³/mol. The first-order valence-corrected chi connectivity index (χ1v) is 4.63. The molecule has 6 heteroatoms. The van der Waals surface area contributed by atoms with Crippen LogP contribution in [-0.2, 0) is 14.3 Å². The van der Waals surface area contributed by atoms with E-state index in [0.29, 0.717) is 39.5 Å². The average molecular weight is 205 g/mol. The number of ether oxygens (including phenoxy) is 2. The van der Waals surface area contributed by atoms with Gasteiger partial charge in [-0.25, -0.2) is 0 Å². The average Bonchev–Trinajstić information content (AvgIpc) is 2.21. The molecule has 0 saturated heterocycles. The van der Waals surface area contributed by atoms with E-state index in [2.05, 4.69) is 5.32 Å². The number of nitrogens with one attached hydrogen (secondary N) is 1. The highest BCUT2D eigenvalue weighted by molar-refractivity contribution is 5.77. The summed E-state index contributed by atoms with van der Waals surface area (Å²) in [6.07, 6.45) is 0. The van der Waals surface area contributed by atoms with Crippen molar-refractivity contribution in [3.63, 3.8) is 0 Å². The Morgan fingerprint density at radius 2 is 1.71 bits per heavy atom. The molecule has 0 saturated carbocycles. The summed E-state index contributed by atoms with van der Waals surface area (Å²) >= 11 is 0. The Morgan fingerprint density at radius 1 is 1.07 bits per heavy atom. The number of hydrogen-bond acceptors (Lipinski definition) is 5. The minimum Gasteiger partial charge on any atom is -0.378 e. The van der Waals surface area contributed by atoms with Crippen molar-refractivity contribution < 1.29 is 14.3 Å². The molecule has 0 aliphatic rings. The van der Waals surface area contributed by atoms with Gasteiger partial charge in [-0.3, -0.25) is 4.79 Å². The maximum Gasteiger partial charge on any atom is 0.233 e. The summed E-state index contributed by atoms with van der Waals surface area (Å²) in [6.45, 7) is 3.07. The van der Waals surface area contributed by atoms with E-state index >= 15 is 0 Å². The minimum atomic E-state index is -0.173. The molecule has 6 nitrogen and oxygen atoms in total. The molecule has 0 bridgehead atoms. The maximum atomic E-state index is 10.7. The zero-order valence-electron chi connectivity index (χ0n) is 8.33. The summed E-state index contributed by atoms with van der Waals surface area (Å²) in [5.74, 6) is -0.173. The number of hydrogen-bond donors (Lipinski definition) is 3. The van der Waals surface area contributed by atoms with E-state index in [0.717, 1.165) is 0 Å². The fourth-order valence-electron chi connectivity index (χ4n) is 0.740. The van der Waals surface area contributed by atoms with Crippen LogP contribution in [-0.4, -0.2) is 52.0 Å². The van der Waals surface area contributed by atoms with Crippen molar-refractivity contribution in [3.05, 3.63) is 0 Å². The van der Waals surface area contributed by atoms with Crippen molar-refractivity contribution in [3.8, 4) is 0 Å². The molecule has 14 heavy (non-hydrogen) atoms. The molecule has 0 heterocycles. The maximum absolute atomic E-state index is 10.7. The third-order valence-electron chi connectivity index (χ3n) is 1.39. The van der Waals surface area contributed by atoms with Crippen molar-refractivity contribution in [2.75, 3.05) is 46.1 Å². The lowest BCUT2D eigenvalue weighted by Gasteiger charge is -2.05. The van der Waals surface area contributed by atoms with Gasteiger partial charge >= 0.3 is 0 Å². The molecule has 1 amide bonds. The topological polar surface area (TPSA) is 99.6 Å². The molecule has 0 atom stereocenters. The van der Waals surface area contributed by atoms with Crippen LogP contribution < -0.4 is 16.8 Å². The van der Waals surface area contributed by atoms with Crippen LogP contribution in [0, 0.1) is 0 Å². The number of carbonyl (C=O) groups excluding carboxylic acids is 1. The molecule has 0 aromatic rings. The molecular weight excluding hydrogens is 186 g/mol.